The average molecular weight is 216 g/mol. The minimum atomic E-state index is -3.39. The first-order valence-corrected chi connectivity index (χ1v) is 5.68. The van der Waals surface area contributed by atoms with Gasteiger partial charge in [0.05, 0.1) is 5.25 Å². The summed E-state index contributed by atoms with van der Waals surface area (Å²) in [5.74, 6) is 0. The van der Waals surface area contributed by atoms with Crippen molar-refractivity contribution in [2.75, 3.05) is 0 Å². The van der Waals surface area contributed by atoms with Crippen molar-refractivity contribution in [2.24, 2.45) is 7.05 Å². The van der Waals surface area contributed by atoms with Crippen LogP contribution in [0.3, 0.4) is 0 Å². The summed E-state index contributed by atoms with van der Waals surface area (Å²) in [7, 11) is -1.97. The Morgan fingerprint density at radius 3 is 2.36 bits per heavy atom. The Labute approximate surface area is 82.3 Å². The molecule has 0 aliphatic heterocycles. The van der Waals surface area contributed by atoms with Crippen molar-refractivity contribution in [1.29, 1.82) is 0 Å². The summed E-state index contributed by atoms with van der Waals surface area (Å²) in [5.41, 5.74) is -0.326. The standard InChI is InChI=1S/C8H12N2O3S/c1-6(2)14(12,13)7-4-5-8(11)10(3)9-7/h4-6H,1-3H3. The molecule has 0 bridgehead atoms. The zero-order chi connectivity index (χ0) is 10.9. The molecule has 1 rings (SSSR count). The summed E-state index contributed by atoms with van der Waals surface area (Å²) in [6.45, 7) is 3.14. The van der Waals surface area contributed by atoms with E-state index in [1.165, 1.54) is 19.2 Å². The topological polar surface area (TPSA) is 69.0 Å². The number of hydrogen-bond donors (Lipinski definition) is 0. The van der Waals surface area contributed by atoms with Gasteiger partial charge in [0.25, 0.3) is 5.56 Å². The first-order chi connectivity index (χ1) is 6.35. The van der Waals surface area contributed by atoms with Crippen LogP contribution in [0.2, 0.25) is 0 Å². The Bertz CT molecular complexity index is 488. The van der Waals surface area contributed by atoms with Crippen molar-refractivity contribution in [3.63, 3.8) is 0 Å². The second kappa shape index (κ2) is 3.53. The minimum absolute atomic E-state index is 0.0606. The van der Waals surface area contributed by atoms with Gasteiger partial charge in [-0.05, 0) is 19.9 Å². The highest BCUT2D eigenvalue weighted by Crippen LogP contribution is 2.10. The summed E-state index contributed by atoms with van der Waals surface area (Å²) >= 11 is 0. The number of aromatic nitrogens is 2. The first-order valence-electron chi connectivity index (χ1n) is 4.14. The molecular formula is C8H12N2O3S. The van der Waals surface area contributed by atoms with E-state index in [9.17, 15) is 13.2 Å². The SMILES string of the molecule is CC(C)S(=O)(=O)c1ccc(=O)n(C)n1. The maximum Gasteiger partial charge on any atom is 0.266 e. The summed E-state index contributed by atoms with van der Waals surface area (Å²) in [6, 6.07) is 2.43. The molecule has 0 atom stereocenters. The molecule has 0 aromatic carbocycles. The Morgan fingerprint density at radius 2 is 1.93 bits per heavy atom. The van der Waals surface area contributed by atoms with Gasteiger partial charge >= 0.3 is 0 Å². The van der Waals surface area contributed by atoms with Crippen LogP contribution in [-0.4, -0.2) is 23.4 Å². The molecule has 0 amide bonds. The molecule has 0 spiro atoms. The van der Waals surface area contributed by atoms with Gasteiger partial charge in [-0.25, -0.2) is 13.1 Å². The molecular weight excluding hydrogens is 204 g/mol. The maximum absolute atomic E-state index is 11.6. The van der Waals surface area contributed by atoms with Gasteiger partial charge in [-0.2, -0.15) is 5.10 Å². The van der Waals surface area contributed by atoms with Gasteiger partial charge in [0.1, 0.15) is 0 Å². The van der Waals surface area contributed by atoms with Crippen LogP contribution in [0.1, 0.15) is 13.8 Å². The Kier molecular flexibility index (Phi) is 2.75. The zero-order valence-electron chi connectivity index (χ0n) is 8.26. The second-order valence-corrected chi connectivity index (χ2v) is 5.68. The van der Waals surface area contributed by atoms with E-state index in [2.05, 4.69) is 5.10 Å². The number of sulfone groups is 1. The van der Waals surface area contributed by atoms with Gasteiger partial charge in [0.2, 0.25) is 0 Å². The normalized spacial score (nSPS) is 12.0. The fourth-order valence-corrected chi connectivity index (χ4v) is 1.85. The van der Waals surface area contributed by atoms with E-state index in [-0.39, 0.29) is 10.6 Å². The predicted octanol–water partition coefficient (Wildman–Crippen LogP) is -0.0376. The molecule has 0 N–H and O–H groups in total. The largest absolute Gasteiger partial charge is 0.268 e. The van der Waals surface area contributed by atoms with Crippen LogP contribution < -0.4 is 5.56 Å². The number of aryl methyl sites for hydroxylation is 1. The highest BCUT2D eigenvalue weighted by Gasteiger charge is 2.21. The maximum atomic E-state index is 11.6. The van der Waals surface area contributed by atoms with Gasteiger partial charge in [0.15, 0.2) is 14.9 Å². The monoisotopic (exact) mass is 216 g/mol. The van der Waals surface area contributed by atoms with Crippen molar-refractivity contribution < 1.29 is 8.42 Å². The molecule has 1 aromatic rings. The van der Waals surface area contributed by atoms with E-state index in [1.807, 2.05) is 0 Å². The van der Waals surface area contributed by atoms with Gasteiger partial charge < -0.3 is 0 Å². The molecule has 14 heavy (non-hydrogen) atoms. The van der Waals surface area contributed by atoms with Crippen molar-refractivity contribution in [2.45, 2.75) is 24.1 Å². The zero-order valence-corrected chi connectivity index (χ0v) is 9.08. The third-order valence-corrected chi connectivity index (χ3v) is 3.89. The molecule has 0 unspecified atom stereocenters. The van der Waals surface area contributed by atoms with E-state index < -0.39 is 15.1 Å². The average Bonchev–Trinajstić information content (AvgIpc) is 2.09. The van der Waals surface area contributed by atoms with Gasteiger partial charge in [0, 0.05) is 13.1 Å². The van der Waals surface area contributed by atoms with Crippen LogP contribution in [0, 0.1) is 0 Å². The van der Waals surface area contributed by atoms with Crippen molar-refractivity contribution >= 4 is 9.84 Å². The molecule has 0 radical (unpaired) electrons. The molecule has 0 fully saturated rings. The molecule has 0 aliphatic rings. The molecule has 78 valence electrons. The van der Waals surface area contributed by atoms with E-state index in [0.717, 1.165) is 4.68 Å². The van der Waals surface area contributed by atoms with Gasteiger partial charge in [-0.1, -0.05) is 0 Å². The quantitative estimate of drug-likeness (QED) is 0.695. The van der Waals surface area contributed by atoms with Crippen molar-refractivity contribution in [3.05, 3.63) is 22.5 Å². The molecule has 6 heteroatoms. The van der Waals surface area contributed by atoms with Crippen molar-refractivity contribution in [1.82, 2.24) is 9.78 Å². The molecule has 1 heterocycles. The van der Waals surface area contributed by atoms with Crippen LogP contribution in [0.25, 0.3) is 0 Å². The third-order valence-electron chi connectivity index (χ3n) is 1.85. The Morgan fingerprint density at radius 1 is 1.36 bits per heavy atom. The van der Waals surface area contributed by atoms with Crippen LogP contribution in [0.15, 0.2) is 22.0 Å². The summed E-state index contributed by atoms with van der Waals surface area (Å²) in [4.78, 5) is 11.0. The molecule has 0 saturated carbocycles. The van der Waals surface area contributed by atoms with Crippen LogP contribution in [0.4, 0.5) is 0 Å². The highest BCUT2D eigenvalue weighted by molar-refractivity contribution is 7.91. The van der Waals surface area contributed by atoms with Gasteiger partial charge in [-0.3, -0.25) is 4.79 Å². The number of hydrogen-bond acceptors (Lipinski definition) is 4. The Hall–Kier alpha value is -1.17. The summed E-state index contributed by atoms with van der Waals surface area (Å²) < 4.78 is 24.2. The van der Waals surface area contributed by atoms with E-state index >= 15 is 0 Å². The van der Waals surface area contributed by atoms with Crippen LogP contribution in [-0.2, 0) is 16.9 Å². The lowest BCUT2D eigenvalue weighted by atomic mass is 10.6. The lowest BCUT2D eigenvalue weighted by Crippen LogP contribution is -2.23. The van der Waals surface area contributed by atoms with Gasteiger partial charge in [-0.15, -0.1) is 0 Å². The highest BCUT2D eigenvalue weighted by atomic mass is 32.2. The molecule has 1 aromatic heterocycles. The fourth-order valence-electron chi connectivity index (χ4n) is 0.874. The predicted molar refractivity (Wildman–Crippen MR) is 51.8 cm³/mol. The molecule has 0 aliphatic carbocycles. The van der Waals surface area contributed by atoms with Crippen LogP contribution >= 0.6 is 0 Å². The lowest BCUT2D eigenvalue weighted by Gasteiger charge is -2.06. The fraction of sp³-hybridized carbons (Fsp3) is 0.500. The van der Waals surface area contributed by atoms with E-state index in [4.69, 9.17) is 0 Å². The summed E-state index contributed by atoms with van der Waals surface area (Å²) in [6.07, 6.45) is 0. The molecule has 0 saturated heterocycles. The van der Waals surface area contributed by atoms with Crippen molar-refractivity contribution in [3.8, 4) is 0 Å². The first kappa shape index (κ1) is 10.9. The second-order valence-electron chi connectivity index (χ2n) is 3.23. The Balaban J connectivity index is 3.36. The van der Waals surface area contributed by atoms with E-state index in [1.54, 1.807) is 13.8 Å². The van der Waals surface area contributed by atoms with Crippen LogP contribution in [0.5, 0.6) is 0 Å². The lowest BCUT2D eigenvalue weighted by molar-refractivity contribution is 0.570. The smallest absolute Gasteiger partial charge is 0.266 e. The number of rotatable bonds is 2. The summed E-state index contributed by atoms with van der Waals surface area (Å²) in [5, 5.41) is 3.09. The number of nitrogens with zero attached hydrogens (tertiary/aromatic N) is 2. The third kappa shape index (κ3) is 1.84. The van der Waals surface area contributed by atoms with E-state index in [0.29, 0.717) is 0 Å². The minimum Gasteiger partial charge on any atom is -0.268 e. The molecule has 5 nitrogen and oxygen atoms in total.